The summed E-state index contributed by atoms with van der Waals surface area (Å²) in [6, 6.07) is 0. The third kappa shape index (κ3) is 3.37. The van der Waals surface area contributed by atoms with Gasteiger partial charge in [-0.3, -0.25) is 14.4 Å². The third-order valence-electron chi connectivity index (χ3n) is 9.74. The molecule has 4 rings (SSSR count). The van der Waals surface area contributed by atoms with Gasteiger partial charge in [-0.25, -0.2) is 4.39 Å². The highest BCUT2D eigenvalue weighted by Crippen LogP contribution is 2.72. The van der Waals surface area contributed by atoms with Crippen molar-refractivity contribution < 1.29 is 33.7 Å². The number of allylic oxidation sites excluding steroid dienone is 4. The van der Waals surface area contributed by atoms with Crippen molar-refractivity contribution in [2.24, 2.45) is 28.6 Å². The van der Waals surface area contributed by atoms with E-state index in [0.717, 1.165) is 6.42 Å². The van der Waals surface area contributed by atoms with Gasteiger partial charge in [-0.15, -0.1) is 11.6 Å². The Hall–Kier alpha value is -1.57. The van der Waals surface area contributed by atoms with E-state index in [4.69, 9.17) is 16.3 Å². The van der Waals surface area contributed by atoms with E-state index in [-0.39, 0.29) is 36.5 Å². The van der Waals surface area contributed by atoms with Crippen LogP contribution in [0.3, 0.4) is 0 Å². The van der Waals surface area contributed by atoms with Crippen LogP contribution in [0.2, 0.25) is 0 Å². The number of ketones is 2. The summed E-state index contributed by atoms with van der Waals surface area (Å²) in [6.45, 7) is 6.52. The molecule has 0 bridgehead atoms. The van der Waals surface area contributed by atoms with Crippen LogP contribution in [0.25, 0.3) is 0 Å². The van der Waals surface area contributed by atoms with Crippen LogP contribution in [0.1, 0.15) is 66.2 Å². The summed E-state index contributed by atoms with van der Waals surface area (Å²) in [4.78, 5) is 37.0. The molecule has 0 aromatic carbocycles. The molecule has 2 N–H and O–H groups in total. The number of alkyl halides is 2. The lowest BCUT2D eigenvalue weighted by molar-refractivity contribution is -0.203. The van der Waals surface area contributed by atoms with Gasteiger partial charge in [-0.1, -0.05) is 40.2 Å². The molecule has 35 heavy (non-hydrogen) atoms. The Balaban J connectivity index is 1.83. The number of fused-ring (bicyclic) bond motifs is 5. The van der Waals surface area contributed by atoms with Gasteiger partial charge in [0, 0.05) is 23.2 Å². The minimum Gasteiger partial charge on any atom is -0.450 e. The molecular weight excluding hydrogens is 475 g/mol. The average molecular weight is 511 g/mol. The molecule has 0 amide bonds. The maximum absolute atomic E-state index is 15.7. The first-order valence-electron chi connectivity index (χ1n) is 12.7. The SMILES string of the molecule is CCCCC(=O)O[C@]1(C(=O)CO)[C@@H](C)C[C@H]2[C@@H]3C[C@H](F)C4=CC(=O)C=C[C@]4(C)[C@@]3(Cl)C(O)C[C@@]21C. The van der Waals surface area contributed by atoms with Crippen molar-refractivity contribution in [3.8, 4) is 0 Å². The smallest absolute Gasteiger partial charge is 0.306 e. The summed E-state index contributed by atoms with van der Waals surface area (Å²) in [7, 11) is 0. The summed E-state index contributed by atoms with van der Waals surface area (Å²) in [5, 5.41) is 21.6. The first-order chi connectivity index (χ1) is 16.3. The Labute approximate surface area is 210 Å². The van der Waals surface area contributed by atoms with Gasteiger partial charge in [0.1, 0.15) is 12.8 Å². The van der Waals surface area contributed by atoms with Crippen LogP contribution < -0.4 is 0 Å². The second-order valence-corrected chi connectivity index (χ2v) is 12.0. The van der Waals surface area contributed by atoms with Crippen molar-refractivity contribution in [2.45, 2.75) is 89.0 Å². The van der Waals surface area contributed by atoms with Crippen molar-refractivity contribution in [2.75, 3.05) is 6.61 Å². The van der Waals surface area contributed by atoms with Crippen molar-refractivity contribution in [1.82, 2.24) is 0 Å². The highest BCUT2D eigenvalue weighted by Gasteiger charge is 2.77. The number of rotatable bonds is 6. The van der Waals surface area contributed by atoms with E-state index in [1.807, 2.05) is 20.8 Å². The maximum Gasteiger partial charge on any atom is 0.306 e. The molecular formula is C27H36ClFO6. The minimum atomic E-state index is -1.64. The highest BCUT2D eigenvalue weighted by molar-refractivity contribution is 6.26. The number of carbonyl (C=O) groups excluding carboxylic acids is 3. The van der Waals surface area contributed by atoms with Crippen LogP contribution in [0.4, 0.5) is 4.39 Å². The van der Waals surface area contributed by atoms with Gasteiger partial charge in [0.05, 0.1) is 11.0 Å². The second-order valence-electron chi connectivity index (χ2n) is 11.4. The lowest BCUT2D eigenvalue weighted by Gasteiger charge is -2.64. The molecule has 8 heteroatoms. The molecule has 1 unspecified atom stereocenters. The molecule has 0 aromatic rings. The Morgan fingerprint density at radius 3 is 2.57 bits per heavy atom. The van der Waals surface area contributed by atoms with E-state index >= 15 is 4.39 Å². The fourth-order valence-corrected chi connectivity index (χ4v) is 8.55. The largest absolute Gasteiger partial charge is 0.450 e. The Kier molecular flexibility index (Phi) is 6.64. The molecule has 0 heterocycles. The van der Waals surface area contributed by atoms with Gasteiger partial charge in [0.25, 0.3) is 0 Å². The molecule has 3 saturated carbocycles. The summed E-state index contributed by atoms with van der Waals surface area (Å²) in [5.41, 5.74) is -3.52. The fraction of sp³-hybridized carbons (Fsp3) is 0.741. The number of unbranched alkanes of at least 4 members (excludes halogenated alkanes) is 1. The number of esters is 1. The highest BCUT2D eigenvalue weighted by atomic mass is 35.5. The number of hydrogen-bond donors (Lipinski definition) is 2. The van der Waals surface area contributed by atoms with Crippen molar-refractivity contribution in [3.05, 3.63) is 23.8 Å². The van der Waals surface area contributed by atoms with E-state index in [2.05, 4.69) is 0 Å². The lowest BCUT2D eigenvalue weighted by atomic mass is 9.45. The van der Waals surface area contributed by atoms with Crippen LogP contribution in [0.5, 0.6) is 0 Å². The molecule has 0 saturated heterocycles. The number of aliphatic hydroxyl groups excluding tert-OH is 2. The van der Waals surface area contributed by atoms with Gasteiger partial charge in [-0.2, -0.15) is 0 Å². The van der Waals surface area contributed by atoms with Crippen LogP contribution in [0, 0.1) is 28.6 Å². The molecule has 0 aromatic heterocycles. The first kappa shape index (κ1) is 26.5. The van der Waals surface area contributed by atoms with Crippen LogP contribution in [0.15, 0.2) is 23.8 Å². The number of Topliss-reactive ketones (excluding diaryl/α,β-unsaturated/α-hetero) is 1. The summed E-state index contributed by atoms with van der Waals surface area (Å²) in [6.07, 6.45) is 3.64. The second kappa shape index (κ2) is 8.77. The van der Waals surface area contributed by atoms with Crippen LogP contribution in [-0.2, 0) is 19.1 Å². The van der Waals surface area contributed by atoms with E-state index in [1.54, 1.807) is 13.0 Å². The van der Waals surface area contributed by atoms with Gasteiger partial charge < -0.3 is 14.9 Å². The Bertz CT molecular complexity index is 994. The van der Waals surface area contributed by atoms with Crippen LogP contribution in [-0.4, -0.2) is 57.1 Å². The zero-order valence-electron chi connectivity index (χ0n) is 20.9. The zero-order chi connectivity index (χ0) is 26.0. The predicted molar refractivity (Wildman–Crippen MR) is 128 cm³/mol. The Morgan fingerprint density at radius 2 is 1.94 bits per heavy atom. The first-order valence-corrected chi connectivity index (χ1v) is 13.0. The number of carbonyl (C=O) groups is 3. The molecule has 6 nitrogen and oxygen atoms in total. The molecule has 9 atom stereocenters. The zero-order valence-corrected chi connectivity index (χ0v) is 21.6. The molecule has 3 fully saturated rings. The third-order valence-corrected chi connectivity index (χ3v) is 10.7. The van der Waals surface area contributed by atoms with E-state index in [9.17, 15) is 24.6 Å². The van der Waals surface area contributed by atoms with Crippen molar-refractivity contribution in [3.63, 3.8) is 0 Å². The normalized spacial score (nSPS) is 46.3. The van der Waals surface area contributed by atoms with Gasteiger partial charge in [0.2, 0.25) is 5.78 Å². The summed E-state index contributed by atoms with van der Waals surface area (Å²) >= 11 is 7.35. The Morgan fingerprint density at radius 1 is 1.26 bits per heavy atom. The van der Waals surface area contributed by atoms with E-state index in [1.165, 1.54) is 12.2 Å². The predicted octanol–water partition coefficient (Wildman–Crippen LogP) is 3.85. The number of ether oxygens (including phenoxy) is 1. The number of aliphatic hydroxyl groups is 2. The summed E-state index contributed by atoms with van der Waals surface area (Å²) < 4.78 is 21.7. The fourth-order valence-electron chi connectivity index (χ4n) is 8.06. The lowest BCUT2D eigenvalue weighted by Crippen LogP contribution is -2.70. The molecule has 4 aliphatic rings. The standard InChI is InChI=1S/C27H36ClFO6/c1-5-6-7-23(34)35-27(22(33)14-30)15(2)10-17-18-12-20(29)19-11-16(31)8-9-24(19,3)26(18,28)21(32)13-25(17,27)4/h8-9,11,15,17-18,20-21,30,32H,5-7,10,12-14H2,1-4H3/t15-,17-,18-,20-,21?,24-,25-,26-,27-/m0/s1. The van der Waals surface area contributed by atoms with E-state index in [0.29, 0.717) is 12.8 Å². The van der Waals surface area contributed by atoms with Gasteiger partial charge in [0.15, 0.2) is 11.4 Å². The topological polar surface area (TPSA) is 101 Å². The van der Waals surface area contributed by atoms with Crippen molar-refractivity contribution in [1.29, 1.82) is 0 Å². The maximum atomic E-state index is 15.7. The number of hydrogen-bond acceptors (Lipinski definition) is 6. The summed E-state index contributed by atoms with van der Waals surface area (Å²) in [5.74, 6) is -2.79. The monoisotopic (exact) mass is 510 g/mol. The average Bonchev–Trinajstić information content (AvgIpc) is 3.02. The molecule has 4 aliphatic carbocycles. The molecule has 0 radical (unpaired) electrons. The van der Waals surface area contributed by atoms with Crippen molar-refractivity contribution >= 4 is 29.1 Å². The quantitative estimate of drug-likeness (QED) is 0.416. The number of halogens is 2. The molecule has 0 spiro atoms. The minimum absolute atomic E-state index is 0.0107. The van der Waals surface area contributed by atoms with Gasteiger partial charge in [-0.05, 0) is 55.2 Å². The molecule has 194 valence electrons. The van der Waals surface area contributed by atoms with E-state index < -0.39 is 63.8 Å². The van der Waals surface area contributed by atoms with Gasteiger partial charge >= 0.3 is 5.97 Å². The molecule has 0 aliphatic heterocycles. The van der Waals surface area contributed by atoms with Crippen LogP contribution >= 0.6 is 11.6 Å².